The third-order valence-corrected chi connectivity index (χ3v) is 3.21. The average Bonchev–Trinajstić information content (AvgIpc) is 2.66. The summed E-state index contributed by atoms with van der Waals surface area (Å²) < 4.78 is 0. The van der Waals surface area contributed by atoms with Gasteiger partial charge >= 0.3 is 0 Å². The van der Waals surface area contributed by atoms with Gasteiger partial charge in [0.25, 0.3) is 0 Å². The van der Waals surface area contributed by atoms with Crippen molar-refractivity contribution < 1.29 is 0 Å². The van der Waals surface area contributed by atoms with E-state index in [1.54, 1.807) is 5.57 Å². The first-order chi connectivity index (χ1) is 5.18. The Morgan fingerprint density at radius 1 is 1.45 bits per heavy atom. The van der Waals surface area contributed by atoms with Gasteiger partial charge in [-0.05, 0) is 37.5 Å². The largest absolute Gasteiger partial charge is 0.0956 e. The van der Waals surface area contributed by atoms with E-state index in [0.717, 1.165) is 17.8 Å². The first-order valence-electron chi connectivity index (χ1n) is 4.55. The van der Waals surface area contributed by atoms with Crippen LogP contribution in [0.1, 0.15) is 26.7 Å². The molecule has 1 fully saturated rings. The second-order valence-electron chi connectivity index (χ2n) is 4.20. The molecule has 0 heteroatoms. The Morgan fingerprint density at radius 3 is 2.91 bits per heavy atom. The highest BCUT2D eigenvalue weighted by atomic mass is 14.4. The zero-order valence-corrected chi connectivity index (χ0v) is 7.43. The fourth-order valence-electron chi connectivity index (χ4n) is 2.21. The highest BCUT2D eigenvalue weighted by Gasteiger charge is 2.40. The lowest BCUT2D eigenvalue weighted by atomic mass is 9.97. The van der Waals surface area contributed by atoms with Gasteiger partial charge in [-0.3, -0.25) is 0 Å². The summed E-state index contributed by atoms with van der Waals surface area (Å²) in [5.41, 5.74) is 2.92. The van der Waals surface area contributed by atoms with Crippen molar-refractivity contribution in [1.82, 2.24) is 0 Å². The minimum absolute atomic E-state index is 0.724. The van der Waals surface area contributed by atoms with Crippen LogP contribution in [-0.2, 0) is 0 Å². The Bertz CT molecular complexity index is 222. The summed E-state index contributed by atoms with van der Waals surface area (Å²) in [5, 5.41) is 0. The molecule has 0 aliphatic heterocycles. The van der Waals surface area contributed by atoms with E-state index in [1.807, 2.05) is 0 Å². The normalized spacial score (nSPS) is 42.5. The predicted octanol–water partition coefficient (Wildman–Crippen LogP) is 3.16. The molecule has 2 rings (SSSR count). The monoisotopic (exact) mass is 148 g/mol. The molecular formula is C11H16. The van der Waals surface area contributed by atoms with Gasteiger partial charge in [-0.2, -0.15) is 0 Å². The molecule has 0 bridgehead atoms. The van der Waals surface area contributed by atoms with Crippen LogP contribution < -0.4 is 0 Å². The number of rotatable bonds is 0. The summed E-state index contributed by atoms with van der Waals surface area (Å²) >= 11 is 0. The van der Waals surface area contributed by atoms with Gasteiger partial charge in [-0.25, -0.2) is 0 Å². The van der Waals surface area contributed by atoms with Gasteiger partial charge in [0.1, 0.15) is 0 Å². The fourth-order valence-corrected chi connectivity index (χ4v) is 2.21. The maximum absolute atomic E-state index is 4.08. The van der Waals surface area contributed by atoms with Crippen molar-refractivity contribution in [2.45, 2.75) is 26.7 Å². The summed E-state index contributed by atoms with van der Waals surface area (Å²) in [6.45, 7) is 8.64. The van der Waals surface area contributed by atoms with Crippen molar-refractivity contribution in [2.75, 3.05) is 0 Å². The second kappa shape index (κ2) is 2.23. The van der Waals surface area contributed by atoms with E-state index < -0.39 is 0 Å². The van der Waals surface area contributed by atoms with E-state index in [1.165, 1.54) is 18.4 Å². The van der Waals surface area contributed by atoms with E-state index in [4.69, 9.17) is 0 Å². The molecule has 0 spiro atoms. The van der Waals surface area contributed by atoms with Crippen molar-refractivity contribution in [3.8, 4) is 0 Å². The molecule has 2 aliphatic rings. The lowest BCUT2D eigenvalue weighted by Gasteiger charge is -2.08. The molecule has 3 unspecified atom stereocenters. The van der Waals surface area contributed by atoms with E-state index in [9.17, 15) is 0 Å². The van der Waals surface area contributed by atoms with Crippen LogP contribution in [0, 0.1) is 17.8 Å². The highest BCUT2D eigenvalue weighted by molar-refractivity contribution is 5.29. The average molecular weight is 148 g/mol. The standard InChI is InChI=1S/C11H16/c1-7-4-9(3)11-6-10(11)5-8(7)2/h4,8,10-11H,1,5-6H2,2-3H3. The Morgan fingerprint density at radius 2 is 2.18 bits per heavy atom. The van der Waals surface area contributed by atoms with Gasteiger partial charge in [0.15, 0.2) is 0 Å². The first kappa shape index (κ1) is 7.15. The van der Waals surface area contributed by atoms with Crippen LogP contribution in [-0.4, -0.2) is 0 Å². The molecule has 0 heterocycles. The van der Waals surface area contributed by atoms with Gasteiger partial charge in [0, 0.05) is 0 Å². The van der Waals surface area contributed by atoms with Crippen LogP contribution in [0.2, 0.25) is 0 Å². The molecule has 0 amide bonds. The highest BCUT2D eigenvalue weighted by Crippen LogP contribution is 2.50. The summed E-state index contributed by atoms with van der Waals surface area (Å²) in [5.74, 6) is 2.65. The van der Waals surface area contributed by atoms with Gasteiger partial charge < -0.3 is 0 Å². The Balaban J connectivity index is 2.23. The molecule has 1 saturated carbocycles. The van der Waals surface area contributed by atoms with E-state index in [0.29, 0.717) is 0 Å². The molecule has 0 N–H and O–H groups in total. The van der Waals surface area contributed by atoms with Gasteiger partial charge in [-0.1, -0.05) is 30.7 Å². The molecule has 60 valence electrons. The van der Waals surface area contributed by atoms with E-state index in [2.05, 4.69) is 26.5 Å². The molecule has 0 aromatic carbocycles. The van der Waals surface area contributed by atoms with E-state index >= 15 is 0 Å². The maximum Gasteiger partial charge on any atom is -0.0171 e. The zero-order valence-electron chi connectivity index (χ0n) is 7.43. The Kier molecular flexibility index (Phi) is 1.45. The fraction of sp³-hybridized carbons (Fsp3) is 0.636. The van der Waals surface area contributed by atoms with Crippen LogP contribution in [0.3, 0.4) is 0 Å². The van der Waals surface area contributed by atoms with Crippen molar-refractivity contribution in [2.24, 2.45) is 17.8 Å². The van der Waals surface area contributed by atoms with Crippen molar-refractivity contribution >= 4 is 0 Å². The molecule has 3 atom stereocenters. The third-order valence-electron chi connectivity index (χ3n) is 3.21. The molecule has 0 aromatic rings. The molecule has 0 saturated heterocycles. The van der Waals surface area contributed by atoms with Gasteiger partial charge in [0.05, 0.1) is 0 Å². The SMILES string of the molecule is C=C1C=C(C)C2CC2CC1C. The lowest BCUT2D eigenvalue weighted by molar-refractivity contribution is 0.566. The van der Waals surface area contributed by atoms with Crippen LogP contribution >= 0.6 is 0 Å². The summed E-state index contributed by atoms with van der Waals surface area (Å²) in [4.78, 5) is 0. The zero-order chi connectivity index (χ0) is 8.01. The molecule has 0 radical (unpaired) electrons. The third kappa shape index (κ3) is 1.15. The number of hydrogen-bond acceptors (Lipinski definition) is 0. The summed E-state index contributed by atoms with van der Waals surface area (Å²) in [6, 6.07) is 0. The molecule has 2 aliphatic carbocycles. The Labute approximate surface area is 69.0 Å². The Hall–Kier alpha value is -0.520. The van der Waals surface area contributed by atoms with Gasteiger partial charge in [-0.15, -0.1) is 0 Å². The quantitative estimate of drug-likeness (QED) is 0.495. The smallest absolute Gasteiger partial charge is 0.0171 e. The lowest BCUT2D eigenvalue weighted by Crippen LogP contribution is -1.95. The summed E-state index contributed by atoms with van der Waals surface area (Å²) in [6.07, 6.45) is 5.12. The van der Waals surface area contributed by atoms with Crippen LogP contribution in [0.5, 0.6) is 0 Å². The molecule has 0 aromatic heterocycles. The van der Waals surface area contributed by atoms with Crippen molar-refractivity contribution in [3.63, 3.8) is 0 Å². The van der Waals surface area contributed by atoms with E-state index in [-0.39, 0.29) is 0 Å². The second-order valence-corrected chi connectivity index (χ2v) is 4.20. The van der Waals surface area contributed by atoms with Gasteiger partial charge in [0.2, 0.25) is 0 Å². The molecule has 11 heavy (non-hydrogen) atoms. The molecule has 0 nitrogen and oxygen atoms in total. The van der Waals surface area contributed by atoms with Crippen LogP contribution in [0.4, 0.5) is 0 Å². The van der Waals surface area contributed by atoms with Crippen LogP contribution in [0.25, 0.3) is 0 Å². The van der Waals surface area contributed by atoms with Crippen LogP contribution in [0.15, 0.2) is 23.8 Å². The predicted molar refractivity (Wildman–Crippen MR) is 48.3 cm³/mol. The minimum Gasteiger partial charge on any atom is -0.0956 e. The molecular weight excluding hydrogens is 132 g/mol. The topological polar surface area (TPSA) is 0 Å². The van der Waals surface area contributed by atoms with Crippen molar-refractivity contribution in [1.29, 1.82) is 0 Å². The van der Waals surface area contributed by atoms with Crippen molar-refractivity contribution in [3.05, 3.63) is 23.8 Å². The minimum atomic E-state index is 0.724. The maximum atomic E-state index is 4.08. The number of allylic oxidation sites excluding steroid dienone is 3. The summed E-state index contributed by atoms with van der Waals surface area (Å²) in [7, 11) is 0. The number of hydrogen-bond donors (Lipinski definition) is 0. The first-order valence-corrected chi connectivity index (χ1v) is 4.55. The number of fused-ring (bicyclic) bond motifs is 1.